The molecule has 1 heterocycles. The maximum atomic E-state index is 4.23. The van der Waals surface area contributed by atoms with Crippen LogP contribution in [0.15, 0.2) is 42.7 Å². The molecule has 0 unspecified atom stereocenters. The predicted octanol–water partition coefficient (Wildman–Crippen LogP) is 2.69. The van der Waals surface area contributed by atoms with Crippen LogP contribution in [0.5, 0.6) is 0 Å². The molecule has 1 aromatic heterocycles. The summed E-state index contributed by atoms with van der Waals surface area (Å²) in [5, 5.41) is 7.74. The molecule has 4 nitrogen and oxygen atoms in total. The average molecular weight is 286 g/mol. The van der Waals surface area contributed by atoms with Gasteiger partial charge in [0.2, 0.25) is 0 Å². The van der Waals surface area contributed by atoms with E-state index in [9.17, 15) is 0 Å². The van der Waals surface area contributed by atoms with Crippen molar-refractivity contribution in [2.24, 2.45) is 0 Å². The molecule has 21 heavy (non-hydrogen) atoms. The van der Waals surface area contributed by atoms with Crippen molar-refractivity contribution in [1.82, 2.24) is 20.0 Å². The van der Waals surface area contributed by atoms with E-state index in [4.69, 9.17) is 0 Å². The van der Waals surface area contributed by atoms with E-state index in [2.05, 4.69) is 53.4 Å². The summed E-state index contributed by atoms with van der Waals surface area (Å²) in [5.41, 5.74) is 2.42. The van der Waals surface area contributed by atoms with Gasteiger partial charge in [0, 0.05) is 18.9 Å². The van der Waals surface area contributed by atoms with Crippen molar-refractivity contribution in [3.63, 3.8) is 0 Å². The largest absolute Gasteiger partial charge is 0.313 e. The summed E-state index contributed by atoms with van der Waals surface area (Å²) in [6.07, 6.45) is 4.96. The molecule has 0 saturated heterocycles. The van der Waals surface area contributed by atoms with Crippen molar-refractivity contribution >= 4 is 0 Å². The Kier molecular flexibility index (Phi) is 6.44. The van der Waals surface area contributed by atoms with Crippen LogP contribution >= 0.6 is 0 Å². The van der Waals surface area contributed by atoms with Crippen molar-refractivity contribution in [3.05, 3.63) is 48.3 Å². The van der Waals surface area contributed by atoms with E-state index in [1.165, 1.54) is 18.5 Å². The van der Waals surface area contributed by atoms with Crippen LogP contribution in [-0.2, 0) is 6.54 Å². The molecule has 0 aliphatic carbocycles. The number of nitrogens with one attached hydrogen (secondary N) is 1. The number of hydrogen-bond donors (Lipinski definition) is 1. The van der Waals surface area contributed by atoms with E-state index in [0.29, 0.717) is 0 Å². The summed E-state index contributed by atoms with van der Waals surface area (Å²) >= 11 is 0. The molecule has 0 aliphatic rings. The van der Waals surface area contributed by atoms with Gasteiger partial charge in [-0.05, 0) is 56.4 Å². The molecule has 0 spiro atoms. The first kappa shape index (κ1) is 15.7. The van der Waals surface area contributed by atoms with Gasteiger partial charge in [-0.15, -0.1) is 0 Å². The van der Waals surface area contributed by atoms with Gasteiger partial charge in [-0.25, -0.2) is 4.68 Å². The molecular formula is C17H26N4. The van der Waals surface area contributed by atoms with E-state index in [-0.39, 0.29) is 0 Å². The molecule has 0 fully saturated rings. The minimum absolute atomic E-state index is 0.928. The molecule has 0 aliphatic heterocycles. The van der Waals surface area contributed by atoms with Gasteiger partial charge in [0.15, 0.2) is 0 Å². The average Bonchev–Trinajstić information content (AvgIpc) is 3.06. The highest BCUT2D eigenvalue weighted by Gasteiger charge is 1.99. The van der Waals surface area contributed by atoms with E-state index >= 15 is 0 Å². The maximum absolute atomic E-state index is 4.23. The molecule has 114 valence electrons. The summed E-state index contributed by atoms with van der Waals surface area (Å²) in [6, 6.07) is 10.5. The zero-order valence-electron chi connectivity index (χ0n) is 13.1. The number of rotatable bonds is 9. The SMILES string of the molecule is CCN(CC)CCCNCc1ccc(-n2cccn2)cc1. The zero-order valence-corrected chi connectivity index (χ0v) is 13.1. The molecule has 0 atom stereocenters. The fraction of sp³-hybridized carbons (Fsp3) is 0.471. The smallest absolute Gasteiger partial charge is 0.0645 e. The monoisotopic (exact) mass is 286 g/mol. The van der Waals surface area contributed by atoms with Gasteiger partial charge < -0.3 is 10.2 Å². The fourth-order valence-corrected chi connectivity index (χ4v) is 2.39. The van der Waals surface area contributed by atoms with Gasteiger partial charge in [0.1, 0.15) is 0 Å². The third-order valence-electron chi connectivity index (χ3n) is 3.76. The number of hydrogen-bond acceptors (Lipinski definition) is 3. The minimum atomic E-state index is 0.928. The number of benzene rings is 1. The second kappa shape index (κ2) is 8.60. The maximum Gasteiger partial charge on any atom is 0.0645 e. The minimum Gasteiger partial charge on any atom is -0.313 e. The molecule has 0 bridgehead atoms. The van der Waals surface area contributed by atoms with Crippen LogP contribution in [-0.4, -0.2) is 40.9 Å². The normalized spacial score (nSPS) is 11.2. The van der Waals surface area contributed by atoms with Gasteiger partial charge in [-0.1, -0.05) is 26.0 Å². The zero-order chi connectivity index (χ0) is 14.9. The summed E-state index contributed by atoms with van der Waals surface area (Å²) in [4.78, 5) is 2.46. The summed E-state index contributed by atoms with van der Waals surface area (Å²) in [6.45, 7) is 9.90. The summed E-state index contributed by atoms with van der Waals surface area (Å²) < 4.78 is 1.88. The van der Waals surface area contributed by atoms with E-state index in [1.807, 2.05) is 16.9 Å². The Morgan fingerprint density at radius 2 is 1.90 bits per heavy atom. The van der Waals surface area contributed by atoms with E-state index in [1.54, 1.807) is 6.20 Å². The van der Waals surface area contributed by atoms with Crippen LogP contribution in [0.1, 0.15) is 25.8 Å². The first-order valence-corrected chi connectivity index (χ1v) is 7.85. The Hall–Kier alpha value is -1.65. The molecule has 1 aromatic carbocycles. The Morgan fingerprint density at radius 3 is 2.52 bits per heavy atom. The second-order valence-corrected chi connectivity index (χ2v) is 5.17. The van der Waals surface area contributed by atoms with E-state index < -0.39 is 0 Å². The highest BCUT2D eigenvalue weighted by molar-refractivity contribution is 5.33. The third kappa shape index (κ3) is 4.99. The molecule has 2 rings (SSSR count). The van der Waals surface area contributed by atoms with Crippen molar-refractivity contribution in [2.45, 2.75) is 26.8 Å². The first-order valence-electron chi connectivity index (χ1n) is 7.85. The van der Waals surface area contributed by atoms with Crippen molar-refractivity contribution in [1.29, 1.82) is 0 Å². The lowest BCUT2D eigenvalue weighted by Crippen LogP contribution is -2.27. The van der Waals surface area contributed by atoms with Crippen LogP contribution in [0, 0.1) is 0 Å². The van der Waals surface area contributed by atoms with Crippen molar-refractivity contribution in [3.8, 4) is 5.69 Å². The molecule has 0 saturated carbocycles. The Labute approximate surface area is 127 Å². The van der Waals surface area contributed by atoms with Crippen LogP contribution in [0.3, 0.4) is 0 Å². The molecule has 1 N–H and O–H groups in total. The van der Waals surface area contributed by atoms with Crippen molar-refractivity contribution in [2.75, 3.05) is 26.2 Å². The quantitative estimate of drug-likeness (QED) is 0.720. The summed E-state index contributed by atoms with van der Waals surface area (Å²) in [7, 11) is 0. The Bertz CT molecular complexity index is 486. The third-order valence-corrected chi connectivity index (χ3v) is 3.76. The Balaban J connectivity index is 1.69. The highest BCUT2D eigenvalue weighted by atomic mass is 15.3. The Morgan fingerprint density at radius 1 is 1.14 bits per heavy atom. The predicted molar refractivity (Wildman–Crippen MR) is 87.7 cm³/mol. The van der Waals surface area contributed by atoms with E-state index in [0.717, 1.165) is 31.9 Å². The lowest BCUT2D eigenvalue weighted by molar-refractivity contribution is 0.298. The van der Waals surface area contributed by atoms with Gasteiger partial charge in [0.25, 0.3) is 0 Å². The topological polar surface area (TPSA) is 33.1 Å². The molecule has 0 radical (unpaired) electrons. The standard InChI is InChI=1S/C17H26N4/c1-3-20(4-2)13-5-11-18-15-16-7-9-17(10-8-16)21-14-6-12-19-21/h6-10,12,14,18H,3-5,11,13,15H2,1-2H3. The van der Waals surface area contributed by atoms with Crippen molar-refractivity contribution < 1.29 is 0 Å². The fourth-order valence-electron chi connectivity index (χ4n) is 2.39. The van der Waals surface area contributed by atoms with Crippen LogP contribution in [0.4, 0.5) is 0 Å². The van der Waals surface area contributed by atoms with Gasteiger partial charge >= 0.3 is 0 Å². The second-order valence-electron chi connectivity index (χ2n) is 5.17. The molecule has 2 aromatic rings. The van der Waals surface area contributed by atoms with Gasteiger partial charge in [0.05, 0.1) is 5.69 Å². The number of nitrogens with zero attached hydrogens (tertiary/aromatic N) is 3. The molecular weight excluding hydrogens is 260 g/mol. The van der Waals surface area contributed by atoms with Crippen LogP contribution in [0.25, 0.3) is 5.69 Å². The highest BCUT2D eigenvalue weighted by Crippen LogP contribution is 2.08. The van der Waals surface area contributed by atoms with Gasteiger partial charge in [-0.2, -0.15) is 5.10 Å². The van der Waals surface area contributed by atoms with Crippen LogP contribution < -0.4 is 5.32 Å². The van der Waals surface area contributed by atoms with Gasteiger partial charge in [-0.3, -0.25) is 0 Å². The van der Waals surface area contributed by atoms with Crippen LogP contribution in [0.2, 0.25) is 0 Å². The molecule has 0 amide bonds. The summed E-state index contributed by atoms with van der Waals surface area (Å²) in [5.74, 6) is 0. The molecule has 4 heteroatoms. The number of aromatic nitrogens is 2. The lowest BCUT2D eigenvalue weighted by atomic mass is 10.2. The first-order chi connectivity index (χ1) is 10.3. The lowest BCUT2D eigenvalue weighted by Gasteiger charge is -2.17.